The van der Waals surface area contributed by atoms with E-state index in [1.54, 1.807) is 0 Å². The van der Waals surface area contributed by atoms with Gasteiger partial charge in [0.2, 0.25) is 0 Å². The van der Waals surface area contributed by atoms with Gasteiger partial charge in [-0.2, -0.15) is 0 Å². The van der Waals surface area contributed by atoms with E-state index in [0.29, 0.717) is 26.3 Å². The Morgan fingerprint density at radius 3 is 2.55 bits per heavy atom. The topological polar surface area (TPSA) is 38.8 Å². The van der Waals surface area contributed by atoms with Crippen molar-refractivity contribution >= 4 is 21.8 Å². The highest BCUT2D eigenvalue weighted by Gasteiger charge is 2.32. The van der Waals surface area contributed by atoms with Crippen LogP contribution in [0.2, 0.25) is 0 Å². The lowest BCUT2D eigenvalue weighted by atomic mass is 10.2. The second-order valence-electron chi connectivity index (χ2n) is 4.10. The van der Waals surface area contributed by atoms with Gasteiger partial charge in [0.1, 0.15) is 5.75 Å². The molecule has 2 rings (SSSR count). The van der Waals surface area contributed by atoms with Crippen molar-refractivity contribution < 1.29 is 27.4 Å². The Bertz CT molecular complexity index is 501. The lowest BCUT2D eigenvalue weighted by Crippen LogP contribution is -2.40. The maximum absolute atomic E-state index is 12.3. The third-order valence-electron chi connectivity index (χ3n) is 2.70. The predicted octanol–water partition coefficient (Wildman–Crippen LogP) is 2.82. The van der Waals surface area contributed by atoms with Gasteiger partial charge >= 0.3 is 6.36 Å². The Hall–Kier alpha value is -1.28. The first-order valence-corrected chi connectivity index (χ1v) is 6.58. The van der Waals surface area contributed by atoms with Gasteiger partial charge in [-0.25, -0.2) is 0 Å². The number of carbonyl (C=O) groups excluding carboxylic acids is 1. The van der Waals surface area contributed by atoms with E-state index >= 15 is 0 Å². The third kappa shape index (κ3) is 3.86. The van der Waals surface area contributed by atoms with Crippen molar-refractivity contribution in [3.8, 4) is 5.75 Å². The molecule has 1 heterocycles. The second kappa shape index (κ2) is 6.01. The quantitative estimate of drug-likeness (QED) is 0.820. The maximum atomic E-state index is 12.3. The van der Waals surface area contributed by atoms with E-state index < -0.39 is 12.1 Å². The van der Waals surface area contributed by atoms with Crippen molar-refractivity contribution in [1.82, 2.24) is 4.90 Å². The zero-order valence-electron chi connectivity index (χ0n) is 10.2. The zero-order chi connectivity index (χ0) is 14.8. The van der Waals surface area contributed by atoms with Gasteiger partial charge in [-0.05, 0) is 34.1 Å². The minimum absolute atomic E-state index is 0.133. The van der Waals surface area contributed by atoms with Gasteiger partial charge in [0, 0.05) is 18.7 Å². The monoisotopic (exact) mass is 353 g/mol. The number of rotatable bonds is 2. The van der Waals surface area contributed by atoms with Crippen molar-refractivity contribution in [1.29, 1.82) is 0 Å². The van der Waals surface area contributed by atoms with E-state index in [4.69, 9.17) is 4.74 Å². The van der Waals surface area contributed by atoms with Crippen LogP contribution in [0.25, 0.3) is 0 Å². The first kappa shape index (κ1) is 15.1. The average molecular weight is 354 g/mol. The number of hydrogen-bond acceptors (Lipinski definition) is 3. The summed E-state index contributed by atoms with van der Waals surface area (Å²) in [7, 11) is 0. The fraction of sp³-hybridized carbons (Fsp3) is 0.417. The Morgan fingerprint density at radius 2 is 1.95 bits per heavy atom. The molecule has 1 amide bonds. The number of alkyl halides is 3. The van der Waals surface area contributed by atoms with Crippen molar-refractivity contribution in [2.45, 2.75) is 6.36 Å². The molecule has 1 aliphatic rings. The highest BCUT2D eigenvalue weighted by molar-refractivity contribution is 9.10. The largest absolute Gasteiger partial charge is 0.573 e. The predicted molar refractivity (Wildman–Crippen MR) is 67.5 cm³/mol. The van der Waals surface area contributed by atoms with E-state index in [-0.39, 0.29) is 15.9 Å². The normalized spacial score (nSPS) is 16.1. The highest BCUT2D eigenvalue weighted by atomic mass is 79.9. The Kier molecular flexibility index (Phi) is 4.54. The summed E-state index contributed by atoms with van der Waals surface area (Å²) in [6.07, 6.45) is -4.80. The summed E-state index contributed by atoms with van der Waals surface area (Å²) in [6.45, 7) is 1.69. The van der Waals surface area contributed by atoms with Crippen LogP contribution in [0.3, 0.4) is 0 Å². The van der Waals surface area contributed by atoms with E-state index in [1.165, 1.54) is 17.0 Å². The van der Waals surface area contributed by atoms with Gasteiger partial charge in [0.05, 0.1) is 17.7 Å². The van der Waals surface area contributed by atoms with Gasteiger partial charge < -0.3 is 14.4 Å². The summed E-state index contributed by atoms with van der Waals surface area (Å²) in [5.74, 6) is -0.774. The van der Waals surface area contributed by atoms with Gasteiger partial charge in [-0.3, -0.25) is 4.79 Å². The molecule has 110 valence electrons. The third-order valence-corrected chi connectivity index (χ3v) is 3.36. The Morgan fingerprint density at radius 1 is 1.30 bits per heavy atom. The molecule has 1 fully saturated rings. The summed E-state index contributed by atoms with van der Waals surface area (Å²) in [5, 5.41) is 0. The number of carbonyl (C=O) groups is 1. The number of amides is 1. The molecule has 0 unspecified atom stereocenters. The Labute approximate surface area is 121 Å². The molecular weight excluding hydrogens is 343 g/mol. The number of halogens is 4. The van der Waals surface area contributed by atoms with Crippen LogP contribution in [0.4, 0.5) is 13.2 Å². The van der Waals surface area contributed by atoms with E-state index in [2.05, 4.69) is 20.7 Å². The van der Waals surface area contributed by atoms with Crippen molar-refractivity contribution in [2.75, 3.05) is 26.3 Å². The van der Waals surface area contributed by atoms with Crippen LogP contribution in [-0.4, -0.2) is 43.5 Å². The van der Waals surface area contributed by atoms with Crippen LogP contribution in [0.1, 0.15) is 10.4 Å². The highest BCUT2D eigenvalue weighted by Crippen LogP contribution is 2.31. The zero-order valence-corrected chi connectivity index (χ0v) is 11.8. The minimum Gasteiger partial charge on any atom is -0.405 e. The second-order valence-corrected chi connectivity index (χ2v) is 4.95. The standard InChI is InChI=1S/C12H11BrF3NO3/c13-9-2-1-8(7-10(9)20-12(14,15)16)11(18)17-3-5-19-6-4-17/h1-2,7H,3-6H2. The molecule has 20 heavy (non-hydrogen) atoms. The van der Waals surface area contributed by atoms with Crippen molar-refractivity contribution in [2.24, 2.45) is 0 Å². The first-order chi connectivity index (χ1) is 9.37. The van der Waals surface area contributed by atoms with Crippen LogP contribution in [0.5, 0.6) is 5.75 Å². The summed E-state index contributed by atoms with van der Waals surface area (Å²) < 4.78 is 45.9. The molecule has 1 aromatic carbocycles. The molecule has 8 heteroatoms. The number of benzene rings is 1. The molecule has 0 spiro atoms. The van der Waals surface area contributed by atoms with Crippen molar-refractivity contribution in [3.63, 3.8) is 0 Å². The average Bonchev–Trinajstić information content (AvgIpc) is 2.40. The van der Waals surface area contributed by atoms with E-state index in [1.807, 2.05) is 0 Å². The lowest BCUT2D eigenvalue weighted by molar-refractivity contribution is -0.274. The van der Waals surface area contributed by atoms with Gasteiger partial charge in [-0.15, -0.1) is 13.2 Å². The van der Waals surface area contributed by atoms with Crippen LogP contribution in [-0.2, 0) is 4.74 Å². The van der Waals surface area contributed by atoms with Gasteiger partial charge in [-0.1, -0.05) is 0 Å². The van der Waals surface area contributed by atoms with Gasteiger partial charge in [0.15, 0.2) is 0 Å². The van der Waals surface area contributed by atoms with Gasteiger partial charge in [0.25, 0.3) is 5.91 Å². The molecular formula is C12H11BrF3NO3. The fourth-order valence-corrected chi connectivity index (χ4v) is 2.12. The van der Waals surface area contributed by atoms with E-state index in [0.717, 1.165) is 6.07 Å². The minimum atomic E-state index is -4.80. The SMILES string of the molecule is O=C(c1ccc(Br)c(OC(F)(F)F)c1)N1CCOCC1. The maximum Gasteiger partial charge on any atom is 0.573 e. The summed E-state index contributed by atoms with van der Waals surface area (Å²) >= 11 is 2.96. The lowest BCUT2D eigenvalue weighted by Gasteiger charge is -2.27. The molecule has 0 aliphatic carbocycles. The van der Waals surface area contributed by atoms with E-state index in [9.17, 15) is 18.0 Å². The van der Waals surface area contributed by atoms with Crippen LogP contribution in [0, 0.1) is 0 Å². The first-order valence-electron chi connectivity index (χ1n) is 5.79. The van der Waals surface area contributed by atoms with Crippen molar-refractivity contribution in [3.05, 3.63) is 28.2 Å². The molecule has 0 atom stereocenters. The summed E-state index contributed by atoms with van der Waals surface area (Å²) in [4.78, 5) is 13.7. The molecule has 1 aromatic rings. The van der Waals surface area contributed by atoms with Crippen LogP contribution in [0.15, 0.2) is 22.7 Å². The summed E-state index contributed by atoms with van der Waals surface area (Å²) in [5.41, 5.74) is 0.148. The number of hydrogen-bond donors (Lipinski definition) is 0. The molecule has 0 radical (unpaired) electrons. The molecule has 0 bridgehead atoms. The van der Waals surface area contributed by atoms with Crippen LogP contribution < -0.4 is 4.74 Å². The molecule has 0 saturated carbocycles. The number of morpholine rings is 1. The molecule has 4 nitrogen and oxygen atoms in total. The smallest absolute Gasteiger partial charge is 0.405 e. The summed E-state index contributed by atoms with van der Waals surface area (Å²) in [6, 6.07) is 3.88. The molecule has 1 saturated heterocycles. The molecule has 1 aliphatic heterocycles. The Balaban J connectivity index is 2.19. The number of ether oxygens (including phenoxy) is 2. The molecule has 0 N–H and O–H groups in total. The van der Waals surface area contributed by atoms with Crippen LogP contribution >= 0.6 is 15.9 Å². The number of nitrogens with zero attached hydrogens (tertiary/aromatic N) is 1. The fourth-order valence-electron chi connectivity index (χ4n) is 1.79. The molecule has 0 aromatic heterocycles.